The zero-order valence-electron chi connectivity index (χ0n) is 13.2. The van der Waals surface area contributed by atoms with Crippen molar-refractivity contribution in [1.82, 2.24) is 10.7 Å². The average Bonchev–Trinajstić information content (AvgIpc) is 2.52. The lowest BCUT2D eigenvalue weighted by Crippen LogP contribution is -2.39. The lowest BCUT2D eigenvalue weighted by atomic mass is 10.2. The molecule has 1 aromatic carbocycles. The summed E-state index contributed by atoms with van der Waals surface area (Å²) in [5, 5.41) is 6.25. The van der Waals surface area contributed by atoms with Gasteiger partial charge in [-0.15, -0.1) is 0 Å². The number of ether oxygens (including phenoxy) is 2. The highest BCUT2D eigenvalue weighted by Crippen LogP contribution is 2.22. The van der Waals surface area contributed by atoms with Crippen molar-refractivity contribution in [1.29, 1.82) is 0 Å². The minimum atomic E-state index is -0.821. The molecule has 0 heterocycles. The molecule has 1 aromatic rings. The maximum Gasteiger partial charge on any atom is 0.329 e. The van der Waals surface area contributed by atoms with Gasteiger partial charge in [-0.05, 0) is 24.1 Å². The van der Waals surface area contributed by atoms with E-state index in [1.807, 2.05) is 13.8 Å². The van der Waals surface area contributed by atoms with Gasteiger partial charge in [0.2, 0.25) is 0 Å². The number of amides is 2. The van der Waals surface area contributed by atoms with Crippen LogP contribution in [0.5, 0.6) is 11.5 Å². The van der Waals surface area contributed by atoms with Gasteiger partial charge in [0, 0.05) is 12.1 Å². The fourth-order valence-electron chi connectivity index (χ4n) is 1.53. The number of carbonyl (C=O) groups excluding carboxylic acids is 2. The van der Waals surface area contributed by atoms with E-state index < -0.39 is 11.8 Å². The topological polar surface area (TPSA) is 89.0 Å². The van der Waals surface area contributed by atoms with Gasteiger partial charge in [0.1, 0.15) is 11.5 Å². The molecule has 7 nitrogen and oxygen atoms in total. The molecule has 2 N–H and O–H groups in total. The lowest BCUT2D eigenvalue weighted by molar-refractivity contribution is -0.139. The first-order valence-corrected chi connectivity index (χ1v) is 6.81. The number of rotatable bonds is 6. The number of benzene rings is 1. The summed E-state index contributed by atoms with van der Waals surface area (Å²) in [6.07, 6.45) is 1.38. The van der Waals surface area contributed by atoms with Gasteiger partial charge < -0.3 is 14.8 Å². The summed E-state index contributed by atoms with van der Waals surface area (Å²) in [6.45, 7) is 4.30. The number of nitrogens with one attached hydrogen (secondary N) is 2. The molecule has 2 amide bonds. The molecule has 0 bridgehead atoms. The van der Waals surface area contributed by atoms with Gasteiger partial charge in [0.25, 0.3) is 0 Å². The second kappa shape index (κ2) is 8.66. The van der Waals surface area contributed by atoms with Crippen molar-refractivity contribution in [3.63, 3.8) is 0 Å². The minimum absolute atomic E-state index is 0.265. The first-order valence-electron chi connectivity index (χ1n) is 6.81. The SMILES string of the molecule is COc1ccc(OC)c(/C=N/NC(=O)C(=O)NCC(C)C)c1. The molecule has 22 heavy (non-hydrogen) atoms. The smallest absolute Gasteiger partial charge is 0.329 e. The Balaban J connectivity index is 2.65. The van der Waals surface area contributed by atoms with Gasteiger partial charge in [0.15, 0.2) is 0 Å². The predicted octanol–water partition coefficient (Wildman–Crippen LogP) is 0.926. The normalized spacial score (nSPS) is 10.6. The molecule has 0 aromatic heterocycles. The Kier molecular flexibility index (Phi) is 6.88. The van der Waals surface area contributed by atoms with Crippen molar-refractivity contribution in [2.75, 3.05) is 20.8 Å². The van der Waals surface area contributed by atoms with Crippen molar-refractivity contribution >= 4 is 18.0 Å². The van der Waals surface area contributed by atoms with E-state index in [1.165, 1.54) is 13.3 Å². The van der Waals surface area contributed by atoms with Gasteiger partial charge in [-0.2, -0.15) is 5.10 Å². The second-order valence-corrected chi connectivity index (χ2v) is 4.91. The van der Waals surface area contributed by atoms with Crippen LogP contribution in [0.2, 0.25) is 0 Å². The zero-order chi connectivity index (χ0) is 16.5. The van der Waals surface area contributed by atoms with Crippen molar-refractivity contribution in [3.8, 4) is 11.5 Å². The molecule has 120 valence electrons. The van der Waals surface area contributed by atoms with Crippen LogP contribution in [-0.2, 0) is 9.59 Å². The highest BCUT2D eigenvalue weighted by Gasteiger charge is 2.12. The van der Waals surface area contributed by atoms with Gasteiger partial charge in [-0.3, -0.25) is 9.59 Å². The molecule has 0 aliphatic carbocycles. The minimum Gasteiger partial charge on any atom is -0.497 e. The largest absolute Gasteiger partial charge is 0.497 e. The molecule has 0 spiro atoms. The molecule has 0 fully saturated rings. The van der Waals surface area contributed by atoms with E-state index >= 15 is 0 Å². The van der Waals surface area contributed by atoms with Crippen molar-refractivity contribution in [2.45, 2.75) is 13.8 Å². The standard InChI is InChI=1S/C15H21N3O4/c1-10(2)8-16-14(19)15(20)18-17-9-11-7-12(21-3)5-6-13(11)22-4/h5-7,9-10H,8H2,1-4H3,(H,16,19)(H,18,20)/b17-9+. The van der Waals surface area contributed by atoms with Crippen LogP contribution < -0.4 is 20.2 Å². The lowest BCUT2D eigenvalue weighted by Gasteiger charge is -2.07. The molecule has 0 radical (unpaired) electrons. The second-order valence-electron chi connectivity index (χ2n) is 4.91. The van der Waals surface area contributed by atoms with Gasteiger partial charge in [-0.1, -0.05) is 13.8 Å². The van der Waals surface area contributed by atoms with E-state index in [9.17, 15) is 9.59 Å². The summed E-state index contributed by atoms with van der Waals surface area (Å²) in [4.78, 5) is 23.0. The monoisotopic (exact) mass is 307 g/mol. The number of carbonyl (C=O) groups is 2. The van der Waals surface area contributed by atoms with Crippen LogP contribution in [0, 0.1) is 5.92 Å². The average molecular weight is 307 g/mol. The summed E-state index contributed by atoms with van der Waals surface area (Å²) in [5.41, 5.74) is 2.78. The van der Waals surface area contributed by atoms with E-state index in [0.29, 0.717) is 23.6 Å². The van der Waals surface area contributed by atoms with Crippen LogP contribution in [0.1, 0.15) is 19.4 Å². The van der Waals surface area contributed by atoms with Crippen molar-refractivity contribution in [3.05, 3.63) is 23.8 Å². The summed E-state index contributed by atoms with van der Waals surface area (Å²) < 4.78 is 10.3. The molecule has 0 unspecified atom stereocenters. The molecular formula is C15H21N3O4. The number of hydrogen-bond donors (Lipinski definition) is 2. The maximum absolute atomic E-state index is 11.5. The molecule has 0 saturated heterocycles. The Morgan fingerprint density at radius 1 is 1.23 bits per heavy atom. The fourth-order valence-corrected chi connectivity index (χ4v) is 1.53. The Hall–Kier alpha value is -2.57. The molecule has 0 atom stereocenters. The molecule has 7 heteroatoms. The third-order valence-corrected chi connectivity index (χ3v) is 2.68. The Bertz CT molecular complexity index is 556. The van der Waals surface area contributed by atoms with Crippen LogP contribution >= 0.6 is 0 Å². The number of methoxy groups -OCH3 is 2. The highest BCUT2D eigenvalue weighted by atomic mass is 16.5. The first kappa shape index (κ1) is 17.5. The molecule has 0 aliphatic rings. The number of hydrazone groups is 1. The summed E-state index contributed by atoms with van der Waals surface area (Å²) in [7, 11) is 3.07. The van der Waals surface area contributed by atoms with E-state index in [-0.39, 0.29) is 5.92 Å². The molecular weight excluding hydrogens is 286 g/mol. The van der Waals surface area contributed by atoms with E-state index in [4.69, 9.17) is 9.47 Å². The first-order chi connectivity index (χ1) is 10.5. The fraction of sp³-hybridized carbons (Fsp3) is 0.400. The highest BCUT2D eigenvalue weighted by molar-refractivity contribution is 6.35. The number of hydrogen-bond acceptors (Lipinski definition) is 5. The maximum atomic E-state index is 11.5. The van der Waals surface area contributed by atoms with Gasteiger partial charge in [-0.25, -0.2) is 5.43 Å². The van der Waals surface area contributed by atoms with E-state index in [0.717, 1.165) is 0 Å². The Morgan fingerprint density at radius 3 is 2.55 bits per heavy atom. The molecule has 1 rings (SSSR count). The van der Waals surface area contributed by atoms with Gasteiger partial charge >= 0.3 is 11.8 Å². The molecule has 0 aliphatic heterocycles. The third kappa shape index (κ3) is 5.43. The van der Waals surface area contributed by atoms with Gasteiger partial charge in [0.05, 0.1) is 20.4 Å². The Morgan fingerprint density at radius 2 is 1.95 bits per heavy atom. The third-order valence-electron chi connectivity index (χ3n) is 2.68. The predicted molar refractivity (Wildman–Crippen MR) is 83.1 cm³/mol. The van der Waals surface area contributed by atoms with Crippen LogP contribution in [-0.4, -0.2) is 38.8 Å². The van der Waals surface area contributed by atoms with Crippen LogP contribution in [0.3, 0.4) is 0 Å². The summed E-state index contributed by atoms with van der Waals surface area (Å²) in [6, 6.07) is 5.17. The summed E-state index contributed by atoms with van der Waals surface area (Å²) in [5.74, 6) is -0.0742. The summed E-state index contributed by atoms with van der Waals surface area (Å²) >= 11 is 0. The van der Waals surface area contributed by atoms with Crippen molar-refractivity contribution in [2.24, 2.45) is 11.0 Å². The van der Waals surface area contributed by atoms with E-state index in [1.54, 1.807) is 25.3 Å². The van der Waals surface area contributed by atoms with Crippen molar-refractivity contribution < 1.29 is 19.1 Å². The zero-order valence-corrected chi connectivity index (χ0v) is 13.2. The Labute approximate surface area is 129 Å². The quantitative estimate of drug-likeness (QED) is 0.465. The molecule has 0 saturated carbocycles. The van der Waals surface area contributed by atoms with E-state index in [2.05, 4.69) is 15.8 Å². The van der Waals surface area contributed by atoms with Crippen LogP contribution in [0.25, 0.3) is 0 Å². The van der Waals surface area contributed by atoms with Crippen LogP contribution in [0.15, 0.2) is 23.3 Å². The number of nitrogens with zero attached hydrogens (tertiary/aromatic N) is 1. The van der Waals surface area contributed by atoms with Crippen LogP contribution in [0.4, 0.5) is 0 Å².